The number of hydrogen-bond donors (Lipinski definition) is 1. The molecule has 2 nitrogen and oxygen atoms in total. The van der Waals surface area contributed by atoms with Gasteiger partial charge in [0.15, 0.2) is 0 Å². The van der Waals surface area contributed by atoms with Gasteiger partial charge in [0.05, 0.1) is 12.3 Å². The molecule has 84 valence electrons. The average Bonchev–Trinajstić information content (AvgIpc) is 2.28. The third-order valence-corrected chi connectivity index (χ3v) is 2.67. The lowest BCUT2D eigenvalue weighted by Crippen LogP contribution is -2.02. The Balaban J connectivity index is 3.24. The van der Waals surface area contributed by atoms with Crippen LogP contribution >= 0.6 is 11.8 Å². The fraction of sp³-hybridized carbons (Fsp3) is 0.500. The lowest BCUT2D eigenvalue weighted by atomic mass is 10.0. The molecular weight excluding hydrogens is 210 g/mol. The molecule has 0 saturated carbocycles. The van der Waals surface area contributed by atoms with Gasteiger partial charge in [-0.05, 0) is 31.4 Å². The highest BCUT2D eigenvalue weighted by Crippen LogP contribution is 2.32. The second-order valence-electron chi connectivity index (χ2n) is 3.31. The fourth-order valence-electron chi connectivity index (χ4n) is 1.72. The van der Waals surface area contributed by atoms with Crippen molar-refractivity contribution in [2.24, 2.45) is 0 Å². The Labute approximate surface area is 96.7 Å². The topological polar surface area (TPSA) is 21.3 Å². The van der Waals surface area contributed by atoms with E-state index in [1.807, 2.05) is 13.0 Å². The van der Waals surface area contributed by atoms with E-state index >= 15 is 0 Å². The summed E-state index contributed by atoms with van der Waals surface area (Å²) in [6.07, 6.45) is 1.89. The molecule has 0 spiro atoms. The maximum absolute atomic E-state index is 5.69. The average molecular weight is 228 g/mol. The van der Waals surface area contributed by atoms with Gasteiger partial charge in [0.1, 0.15) is 5.75 Å². The second-order valence-corrected chi connectivity index (χ2v) is 3.50. The van der Waals surface area contributed by atoms with Crippen LogP contribution in [-0.2, 0) is 12.8 Å². The third-order valence-electron chi connectivity index (χ3n) is 2.47. The van der Waals surface area contributed by atoms with Crippen LogP contribution in [0.15, 0.2) is 12.1 Å². The zero-order valence-corrected chi connectivity index (χ0v) is 10.3. The van der Waals surface area contributed by atoms with Crippen LogP contribution in [0.25, 0.3) is 0 Å². The number of nitrogens with one attached hydrogen (secondary N) is 1. The van der Waals surface area contributed by atoms with Crippen molar-refractivity contribution in [2.45, 2.75) is 33.6 Å². The molecule has 1 aromatic carbocycles. The van der Waals surface area contributed by atoms with Crippen molar-refractivity contribution < 1.29 is 4.74 Å². The van der Waals surface area contributed by atoms with Crippen LogP contribution in [0.5, 0.6) is 5.75 Å². The second kappa shape index (κ2) is 5.86. The van der Waals surface area contributed by atoms with Gasteiger partial charge in [-0.15, -0.1) is 0 Å². The first-order valence-corrected chi connectivity index (χ1v) is 5.80. The minimum Gasteiger partial charge on any atom is -0.493 e. The van der Waals surface area contributed by atoms with Crippen LogP contribution in [0.2, 0.25) is 0 Å². The van der Waals surface area contributed by atoms with Crippen molar-refractivity contribution in [3.8, 4) is 5.75 Å². The van der Waals surface area contributed by atoms with Crippen molar-refractivity contribution in [1.82, 2.24) is 0 Å². The molecule has 0 radical (unpaired) electrons. The highest BCUT2D eigenvalue weighted by molar-refractivity contribution is 6.24. The third kappa shape index (κ3) is 2.57. The van der Waals surface area contributed by atoms with E-state index in [4.69, 9.17) is 16.5 Å². The van der Waals surface area contributed by atoms with Crippen molar-refractivity contribution in [2.75, 3.05) is 11.4 Å². The fourth-order valence-corrected chi connectivity index (χ4v) is 1.90. The zero-order valence-electron chi connectivity index (χ0n) is 9.56. The number of benzene rings is 1. The Kier molecular flexibility index (Phi) is 4.76. The normalized spacial score (nSPS) is 10.1. The maximum Gasteiger partial charge on any atom is 0.127 e. The van der Waals surface area contributed by atoms with Crippen molar-refractivity contribution >= 4 is 17.5 Å². The van der Waals surface area contributed by atoms with Gasteiger partial charge in [-0.25, -0.2) is 0 Å². The molecule has 1 N–H and O–H groups in total. The Bertz CT molecular complexity index is 326. The molecule has 0 aliphatic carbocycles. The minimum absolute atomic E-state index is 0.686. The van der Waals surface area contributed by atoms with Gasteiger partial charge in [0.25, 0.3) is 0 Å². The van der Waals surface area contributed by atoms with Gasteiger partial charge >= 0.3 is 0 Å². The highest BCUT2D eigenvalue weighted by atomic mass is 35.5. The van der Waals surface area contributed by atoms with Crippen molar-refractivity contribution in [3.63, 3.8) is 0 Å². The first-order chi connectivity index (χ1) is 7.28. The highest BCUT2D eigenvalue weighted by Gasteiger charge is 2.11. The van der Waals surface area contributed by atoms with Gasteiger partial charge in [-0.2, -0.15) is 0 Å². The Morgan fingerprint density at radius 1 is 1.20 bits per heavy atom. The van der Waals surface area contributed by atoms with E-state index in [1.165, 1.54) is 5.56 Å². The van der Waals surface area contributed by atoms with Gasteiger partial charge in [0, 0.05) is 17.3 Å². The SMILES string of the molecule is CCOc1c(CC)ccc(NCl)c1CC. The summed E-state index contributed by atoms with van der Waals surface area (Å²) in [4.78, 5) is 2.69. The van der Waals surface area contributed by atoms with Gasteiger partial charge in [-0.1, -0.05) is 19.9 Å². The lowest BCUT2D eigenvalue weighted by molar-refractivity contribution is 0.333. The molecule has 0 bridgehead atoms. The Hall–Kier alpha value is -0.890. The molecule has 0 amide bonds. The van der Waals surface area contributed by atoms with Crippen molar-refractivity contribution in [1.29, 1.82) is 0 Å². The van der Waals surface area contributed by atoms with E-state index in [-0.39, 0.29) is 0 Å². The van der Waals surface area contributed by atoms with E-state index in [0.29, 0.717) is 6.61 Å². The van der Waals surface area contributed by atoms with Gasteiger partial charge in [-0.3, -0.25) is 4.84 Å². The molecular formula is C12H18ClNO. The lowest BCUT2D eigenvalue weighted by Gasteiger charge is -2.16. The summed E-state index contributed by atoms with van der Waals surface area (Å²) in [6.45, 7) is 6.92. The summed E-state index contributed by atoms with van der Waals surface area (Å²) in [5.41, 5.74) is 3.34. The van der Waals surface area contributed by atoms with E-state index in [9.17, 15) is 0 Å². The molecule has 0 heterocycles. The van der Waals surface area contributed by atoms with Crippen molar-refractivity contribution in [3.05, 3.63) is 23.3 Å². The summed E-state index contributed by atoms with van der Waals surface area (Å²) in [6, 6.07) is 4.07. The molecule has 15 heavy (non-hydrogen) atoms. The number of ether oxygens (including phenoxy) is 1. The molecule has 0 saturated heterocycles. The van der Waals surface area contributed by atoms with Crippen LogP contribution < -0.4 is 9.57 Å². The van der Waals surface area contributed by atoms with Crippen LogP contribution in [0, 0.1) is 0 Å². The Morgan fingerprint density at radius 3 is 2.40 bits per heavy atom. The molecule has 0 aromatic heterocycles. The number of aryl methyl sites for hydroxylation is 1. The quantitative estimate of drug-likeness (QED) is 0.774. The van der Waals surface area contributed by atoms with E-state index in [2.05, 4.69) is 24.7 Å². The molecule has 1 aromatic rings. The number of halogens is 1. The molecule has 0 aliphatic heterocycles. The smallest absolute Gasteiger partial charge is 0.127 e. The van der Waals surface area contributed by atoms with E-state index in [1.54, 1.807) is 0 Å². The molecule has 0 unspecified atom stereocenters. The Morgan fingerprint density at radius 2 is 1.93 bits per heavy atom. The standard InChI is InChI=1S/C12H18ClNO/c1-4-9-7-8-11(14-13)10(5-2)12(9)15-6-3/h7-8,14H,4-6H2,1-3H3. The summed E-state index contributed by atoms with van der Waals surface area (Å²) >= 11 is 5.67. The van der Waals surface area contributed by atoms with Crippen LogP contribution in [0.3, 0.4) is 0 Å². The van der Waals surface area contributed by atoms with E-state index in [0.717, 1.165) is 29.8 Å². The van der Waals surface area contributed by atoms with Gasteiger partial charge in [0.2, 0.25) is 0 Å². The first-order valence-electron chi connectivity index (χ1n) is 5.42. The largest absolute Gasteiger partial charge is 0.493 e. The van der Waals surface area contributed by atoms with Crippen LogP contribution in [-0.4, -0.2) is 6.61 Å². The number of anilines is 1. The number of rotatable bonds is 5. The molecule has 0 fully saturated rings. The summed E-state index contributed by atoms with van der Waals surface area (Å²) in [5.74, 6) is 0.994. The molecule has 3 heteroatoms. The zero-order chi connectivity index (χ0) is 11.3. The predicted molar refractivity (Wildman–Crippen MR) is 65.8 cm³/mol. The summed E-state index contributed by atoms with van der Waals surface area (Å²) in [5, 5.41) is 0. The monoisotopic (exact) mass is 227 g/mol. The van der Waals surface area contributed by atoms with Crippen LogP contribution in [0.1, 0.15) is 31.9 Å². The summed E-state index contributed by atoms with van der Waals surface area (Å²) < 4.78 is 5.69. The van der Waals surface area contributed by atoms with Gasteiger partial charge < -0.3 is 4.74 Å². The van der Waals surface area contributed by atoms with Crippen LogP contribution in [0.4, 0.5) is 5.69 Å². The van der Waals surface area contributed by atoms with E-state index < -0.39 is 0 Å². The molecule has 0 aliphatic rings. The predicted octanol–water partition coefficient (Wildman–Crippen LogP) is 3.78. The molecule has 0 atom stereocenters. The summed E-state index contributed by atoms with van der Waals surface area (Å²) in [7, 11) is 0. The minimum atomic E-state index is 0.686. The number of hydrogen-bond acceptors (Lipinski definition) is 2. The first kappa shape index (κ1) is 12.2. The maximum atomic E-state index is 5.69. The molecule has 1 rings (SSSR count).